The van der Waals surface area contributed by atoms with E-state index in [-0.39, 0.29) is 17.1 Å². The van der Waals surface area contributed by atoms with Crippen molar-refractivity contribution in [3.05, 3.63) is 35.9 Å². The number of nitrogens with one attached hydrogen (secondary N) is 1. The molecule has 3 N–H and O–H groups in total. The molecule has 0 amide bonds. The molecule has 0 aliphatic rings. The average molecular weight is 247 g/mol. The van der Waals surface area contributed by atoms with E-state index in [0.29, 0.717) is 5.02 Å². The molecule has 6 heteroatoms. The highest BCUT2D eigenvalue weighted by Gasteiger charge is 2.13. The summed E-state index contributed by atoms with van der Waals surface area (Å²) in [6, 6.07) is 4.15. The van der Waals surface area contributed by atoms with Gasteiger partial charge in [-0.15, -0.1) is 6.58 Å². The third-order valence-electron chi connectivity index (χ3n) is 1.70. The number of halogens is 1. The molecule has 1 aromatic carbocycles. The van der Waals surface area contributed by atoms with Crippen LogP contribution in [-0.2, 0) is 10.0 Å². The second-order valence-corrected chi connectivity index (χ2v) is 5.00. The van der Waals surface area contributed by atoms with Crippen molar-refractivity contribution >= 4 is 27.3 Å². The van der Waals surface area contributed by atoms with Crippen LogP contribution in [0.2, 0.25) is 5.02 Å². The normalized spacial score (nSPS) is 11.3. The van der Waals surface area contributed by atoms with Gasteiger partial charge in [0.25, 0.3) is 0 Å². The van der Waals surface area contributed by atoms with Gasteiger partial charge in [-0.25, -0.2) is 13.1 Å². The highest BCUT2D eigenvalue weighted by molar-refractivity contribution is 7.89. The topological polar surface area (TPSA) is 72.2 Å². The van der Waals surface area contributed by atoms with E-state index in [0.717, 1.165) is 0 Å². The number of hydrogen-bond donors (Lipinski definition) is 2. The molecule has 0 aromatic heterocycles. The predicted octanol–water partition coefficient (Wildman–Crippen LogP) is 1.39. The lowest BCUT2D eigenvalue weighted by Gasteiger charge is -2.05. The summed E-state index contributed by atoms with van der Waals surface area (Å²) in [6.45, 7) is 3.59. The Morgan fingerprint density at radius 2 is 2.20 bits per heavy atom. The Morgan fingerprint density at radius 3 is 2.73 bits per heavy atom. The molecule has 0 aliphatic heterocycles. The number of rotatable bonds is 4. The zero-order chi connectivity index (χ0) is 11.5. The molecule has 0 saturated carbocycles. The molecular formula is C9H11ClN2O2S. The molecular weight excluding hydrogens is 236 g/mol. The van der Waals surface area contributed by atoms with Crippen LogP contribution in [0.4, 0.5) is 5.69 Å². The van der Waals surface area contributed by atoms with Crippen LogP contribution in [0.5, 0.6) is 0 Å². The van der Waals surface area contributed by atoms with Crippen molar-refractivity contribution in [2.45, 2.75) is 4.90 Å². The minimum absolute atomic E-state index is 0.0891. The van der Waals surface area contributed by atoms with Crippen LogP contribution in [0.25, 0.3) is 0 Å². The van der Waals surface area contributed by atoms with Crippen molar-refractivity contribution in [2.75, 3.05) is 12.3 Å². The molecule has 0 fully saturated rings. The Balaban J connectivity index is 3.05. The number of nitrogens with two attached hydrogens (primary N) is 1. The molecule has 0 heterocycles. The van der Waals surface area contributed by atoms with Gasteiger partial charge in [0.15, 0.2) is 0 Å². The Kier molecular flexibility index (Phi) is 3.73. The first-order valence-electron chi connectivity index (χ1n) is 4.13. The van der Waals surface area contributed by atoms with E-state index in [1.165, 1.54) is 24.3 Å². The molecule has 0 aliphatic carbocycles. The number of benzene rings is 1. The molecule has 0 unspecified atom stereocenters. The molecule has 1 aromatic rings. The molecule has 0 saturated heterocycles. The smallest absolute Gasteiger partial charge is 0.240 e. The maximum atomic E-state index is 11.6. The lowest BCUT2D eigenvalue weighted by molar-refractivity contribution is 0.585. The van der Waals surface area contributed by atoms with E-state index in [1.54, 1.807) is 0 Å². The number of nitrogen functional groups attached to an aromatic ring is 1. The van der Waals surface area contributed by atoms with Crippen molar-refractivity contribution in [1.82, 2.24) is 4.72 Å². The van der Waals surface area contributed by atoms with Crippen LogP contribution in [0.15, 0.2) is 35.7 Å². The van der Waals surface area contributed by atoms with Gasteiger partial charge in [0.05, 0.1) is 15.6 Å². The molecule has 0 atom stereocenters. The Hall–Kier alpha value is -1.04. The molecule has 0 radical (unpaired) electrons. The van der Waals surface area contributed by atoms with E-state index in [1.807, 2.05) is 0 Å². The molecule has 0 bridgehead atoms. The highest BCUT2D eigenvalue weighted by atomic mass is 35.5. The Morgan fingerprint density at radius 1 is 1.53 bits per heavy atom. The molecule has 82 valence electrons. The van der Waals surface area contributed by atoms with E-state index < -0.39 is 10.0 Å². The van der Waals surface area contributed by atoms with Crippen molar-refractivity contribution < 1.29 is 8.42 Å². The summed E-state index contributed by atoms with van der Waals surface area (Å²) in [4.78, 5) is 0.0891. The maximum absolute atomic E-state index is 11.6. The van der Waals surface area contributed by atoms with Gasteiger partial charge in [-0.1, -0.05) is 17.7 Å². The summed E-state index contributed by atoms with van der Waals surface area (Å²) in [7, 11) is -3.52. The predicted molar refractivity (Wildman–Crippen MR) is 61.2 cm³/mol. The SMILES string of the molecule is C=CCNS(=O)(=O)c1ccc(Cl)c(N)c1. The minimum Gasteiger partial charge on any atom is -0.397 e. The van der Waals surface area contributed by atoms with Gasteiger partial charge in [-0.05, 0) is 18.2 Å². The van der Waals surface area contributed by atoms with Crippen LogP contribution >= 0.6 is 11.6 Å². The van der Waals surface area contributed by atoms with Gasteiger partial charge < -0.3 is 5.73 Å². The van der Waals surface area contributed by atoms with Gasteiger partial charge in [0.1, 0.15) is 0 Å². The van der Waals surface area contributed by atoms with Crippen molar-refractivity contribution in [2.24, 2.45) is 0 Å². The van der Waals surface area contributed by atoms with Gasteiger partial charge >= 0.3 is 0 Å². The lowest BCUT2D eigenvalue weighted by Crippen LogP contribution is -2.23. The summed E-state index contributed by atoms with van der Waals surface area (Å²) in [5, 5.41) is 0.331. The zero-order valence-corrected chi connectivity index (χ0v) is 9.48. The van der Waals surface area contributed by atoms with Crippen LogP contribution < -0.4 is 10.5 Å². The number of sulfonamides is 1. The monoisotopic (exact) mass is 246 g/mol. The van der Waals surface area contributed by atoms with E-state index in [4.69, 9.17) is 17.3 Å². The largest absolute Gasteiger partial charge is 0.397 e. The first-order chi connectivity index (χ1) is 6.97. The summed E-state index contributed by atoms with van der Waals surface area (Å²) < 4.78 is 25.5. The molecule has 1 rings (SSSR count). The highest BCUT2D eigenvalue weighted by Crippen LogP contribution is 2.21. The fourth-order valence-corrected chi connectivity index (χ4v) is 2.09. The van der Waals surface area contributed by atoms with Gasteiger partial charge in [0.2, 0.25) is 10.0 Å². The van der Waals surface area contributed by atoms with E-state index in [2.05, 4.69) is 11.3 Å². The summed E-state index contributed by atoms with van der Waals surface area (Å²) in [5.41, 5.74) is 5.74. The molecule has 4 nitrogen and oxygen atoms in total. The first-order valence-corrected chi connectivity index (χ1v) is 5.99. The summed E-state index contributed by atoms with van der Waals surface area (Å²) in [5.74, 6) is 0. The van der Waals surface area contributed by atoms with Crippen molar-refractivity contribution in [3.8, 4) is 0 Å². The van der Waals surface area contributed by atoms with Gasteiger partial charge in [0, 0.05) is 6.54 Å². The van der Waals surface area contributed by atoms with Crippen LogP contribution in [0, 0.1) is 0 Å². The second kappa shape index (κ2) is 4.65. The van der Waals surface area contributed by atoms with Crippen molar-refractivity contribution in [1.29, 1.82) is 0 Å². The van der Waals surface area contributed by atoms with Crippen LogP contribution in [-0.4, -0.2) is 15.0 Å². The Bertz CT molecular complexity index is 471. The van der Waals surface area contributed by atoms with Crippen molar-refractivity contribution in [3.63, 3.8) is 0 Å². The zero-order valence-electron chi connectivity index (χ0n) is 7.90. The standard InChI is InChI=1S/C9H11ClN2O2S/c1-2-5-12-15(13,14)7-3-4-8(10)9(11)6-7/h2-4,6,12H,1,5,11H2. The summed E-state index contributed by atoms with van der Waals surface area (Å²) in [6.07, 6.45) is 1.46. The quantitative estimate of drug-likeness (QED) is 0.623. The second-order valence-electron chi connectivity index (χ2n) is 2.82. The van der Waals surface area contributed by atoms with E-state index in [9.17, 15) is 8.42 Å². The minimum atomic E-state index is -3.52. The molecule has 0 spiro atoms. The maximum Gasteiger partial charge on any atom is 0.240 e. The summed E-state index contributed by atoms with van der Waals surface area (Å²) >= 11 is 5.68. The molecule has 15 heavy (non-hydrogen) atoms. The van der Waals surface area contributed by atoms with Crippen LogP contribution in [0.3, 0.4) is 0 Å². The van der Waals surface area contributed by atoms with E-state index >= 15 is 0 Å². The number of anilines is 1. The average Bonchev–Trinajstić information content (AvgIpc) is 2.19. The van der Waals surface area contributed by atoms with Crippen LogP contribution in [0.1, 0.15) is 0 Å². The third-order valence-corrected chi connectivity index (χ3v) is 3.46. The first kappa shape index (κ1) is 12.0. The van der Waals surface area contributed by atoms with Gasteiger partial charge in [-0.2, -0.15) is 0 Å². The Labute approximate surface area is 93.8 Å². The third kappa shape index (κ3) is 2.95. The lowest BCUT2D eigenvalue weighted by atomic mass is 10.3. The number of hydrogen-bond acceptors (Lipinski definition) is 3. The fraction of sp³-hybridized carbons (Fsp3) is 0.111. The van der Waals surface area contributed by atoms with Gasteiger partial charge in [-0.3, -0.25) is 0 Å². The fourth-order valence-electron chi connectivity index (χ4n) is 0.941.